The minimum Gasteiger partial charge on any atom is -0.325 e. The van der Waals surface area contributed by atoms with Gasteiger partial charge in [-0.3, -0.25) is 9.59 Å². The average Bonchev–Trinajstić information content (AvgIpc) is 2.40. The Morgan fingerprint density at radius 3 is 2.48 bits per heavy atom. The second kappa shape index (κ2) is 5.94. The fourth-order valence-electron chi connectivity index (χ4n) is 2.91. The normalized spacial score (nSPS) is 19.9. The molecule has 2 rings (SSSR count). The topological polar surface area (TPSA) is 40.6 Å². The van der Waals surface area contributed by atoms with E-state index in [0.29, 0.717) is 18.5 Å². The molecule has 0 spiro atoms. The number of carbonyl (C=O) groups excluding carboxylic acids is 2. The summed E-state index contributed by atoms with van der Waals surface area (Å²) in [6.07, 6.45) is 0.167. The molecule has 1 aromatic rings. The lowest BCUT2D eigenvalue weighted by atomic mass is 9.88. The van der Waals surface area contributed by atoms with Crippen molar-refractivity contribution < 1.29 is 9.59 Å². The van der Waals surface area contributed by atoms with Crippen LogP contribution in [0.5, 0.6) is 0 Å². The van der Waals surface area contributed by atoms with Crippen LogP contribution < -0.4 is 0 Å². The van der Waals surface area contributed by atoms with E-state index in [9.17, 15) is 9.59 Å². The standard InChI is InChI=1S/C16H21IN2O2/c1-16(2,3)15-18(4)13(20)9-10-19(15)14(21)11-7-5-6-8-12(11)17/h5-8,15H,9-10H2,1-4H3. The van der Waals surface area contributed by atoms with Crippen LogP contribution in [0.15, 0.2) is 24.3 Å². The van der Waals surface area contributed by atoms with Gasteiger partial charge >= 0.3 is 0 Å². The predicted molar refractivity (Wildman–Crippen MR) is 90.8 cm³/mol. The summed E-state index contributed by atoms with van der Waals surface area (Å²) in [5.74, 6) is 0.0982. The van der Waals surface area contributed by atoms with E-state index >= 15 is 0 Å². The van der Waals surface area contributed by atoms with E-state index in [2.05, 4.69) is 43.4 Å². The molecule has 5 heteroatoms. The third-order valence-corrected chi connectivity index (χ3v) is 4.70. The van der Waals surface area contributed by atoms with Crippen LogP contribution in [0.3, 0.4) is 0 Å². The van der Waals surface area contributed by atoms with E-state index in [1.807, 2.05) is 29.2 Å². The van der Waals surface area contributed by atoms with Crippen LogP contribution in [-0.2, 0) is 4.79 Å². The largest absolute Gasteiger partial charge is 0.325 e. The third kappa shape index (κ3) is 3.22. The smallest absolute Gasteiger partial charge is 0.256 e. The highest BCUT2D eigenvalue weighted by atomic mass is 127. The number of nitrogens with zero attached hydrogens (tertiary/aromatic N) is 2. The Hall–Kier alpha value is -1.11. The molecule has 0 aliphatic carbocycles. The van der Waals surface area contributed by atoms with Gasteiger partial charge < -0.3 is 9.80 Å². The molecule has 1 aliphatic rings. The molecule has 0 saturated carbocycles. The Kier molecular flexibility index (Phi) is 4.60. The molecule has 21 heavy (non-hydrogen) atoms. The molecule has 114 valence electrons. The summed E-state index contributed by atoms with van der Waals surface area (Å²) >= 11 is 2.18. The van der Waals surface area contributed by atoms with Crippen LogP contribution in [0, 0.1) is 8.99 Å². The predicted octanol–water partition coefficient (Wildman–Crippen LogP) is 2.97. The van der Waals surface area contributed by atoms with Gasteiger partial charge in [0.25, 0.3) is 5.91 Å². The van der Waals surface area contributed by atoms with Crippen LogP contribution in [0.25, 0.3) is 0 Å². The van der Waals surface area contributed by atoms with Crippen molar-refractivity contribution in [3.63, 3.8) is 0 Å². The van der Waals surface area contributed by atoms with Crippen LogP contribution in [0.4, 0.5) is 0 Å². The van der Waals surface area contributed by atoms with Crippen molar-refractivity contribution in [1.82, 2.24) is 9.80 Å². The molecule has 1 aliphatic heterocycles. The molecular weight excluding hydrogens is 379 g/mol. The van der Waals surface area contributed by atoms with Gasteiger partial charge in [0.05, 0.1) is 5.56 Å². The number of halogens is 1. The zero-order valence-corrected chi connectivity index (χ0v) is 15.0. The summed E-state index contributed by atoms with van der Waals surface area (Å²) in [6, 6.07) is 7.57. The van der Waals surface area contributed by atoms with Gasteiger partial charge in [-0.1, -0.05) is 32.9 Å². The molecule has 2 amide bonds. The van der Waals surface area contributed by atoms with E-state index in [1.54, 1.807) is 11.9 Å². The van der Waals surface area contributed by atoms with Crippen molar-refractivity contribution in [3.05, 3.63) is 33.4 Å². The molecule has 1 fully saturated rings. The van der Waals surface area contributed by atoms with Crippen molar-refractivity contribution in [2.75, 3.05) is 13.6 Å². The Balaban J connectivity index is 2.39. The first kappa shape index (κ1) is 16.3. The summed E-state index contributed by atoms with van der Waals surface area (Å²) in [4.78, 5) is 28.5. The number of carbonyl (C=O) groups is 2. The van der Waals surface area contributed by atoms with E-state index in [0.717, 1.165) is 3.57 Å². The van der Waals surface area contributed by atoms with E-state index in [1.165, 1.54) is 0 Å². The number of rotatable bonds is 1. The van der Waals surface area contributed by atoms with Crippen molar-refractivity contribution in [1.29, 1.82) is 0 Å². The van der Waals surface area contributed by atoms with Gasteiger partial charge in [-0.05, 0) is 34.7 Å². The second-order valence-electron chi connectivity index (χ2n) is 6.47. The molecule has 0 aromatic heterocycles. The van der Waals surface area contributed by atoms with Crippen LogP contribution in [-0.4, -0.2) is 41.4 Å². The first-order valence-corrected chi connectivity index (χ1v) is 8.12. The number of benzene rings is 1. The van der Waals surface area contributed by atoms with Gasteiger partial charge in [0, 0.05) is 29.0 Å². The number of hydrogen-bond donors (Lipinski definition) is 0. The fraction of sp³-hybridized carbons (Fsp3) is 0.500. The van der Waals surface area contributed by atoms with Gasteiger partial charge in [-0.2, -0.15) is 0 Å². The van der Waals surface area contributed by atoms with Crippen molar-refractivity contribution >= 4 is 34.4 Å². The summed E-state index contributed by atoms with van der Waals surface area (Å²) in [7, 11) is 1.79. The molecule has 1 atom stereocenters. The van der Waals surface area contributed by atoms with E-state index < -0.39 is 0 Å². The first-order chi connectivity index (χ1) is 9.73. The van der Waals surface area contributed by atoms with Crippen molar-refractivity contribution in [2.24, 2.45) is 5.41 Å². The molecule has 0 radical (unpaired) electrons. The quantitative estimate of drug-likeness (QED) is 0.681. The first-order valence-electron chi connectivity index (χ1n) is 7.04. The Morgan fingerprint density at radius 1 is 1.29 bits per heavy atom. The van der Waals surface area contributed by atoms with E-state index in [4.69, 9.17) is 0 Å². The molecule has 0 bridgehead atoms. The average molecular weight is 400 g/mol. The third-order valence-electron chi connectivity index (χ3n) is 3.76. The molecule has 1 saturated heterocycles. The van der Waals surface area contributed by atoms with Gasteiger partial charge in [-0.25, -0.2) is 0 Å². The van der Waals surface area contributed by atoms with Crippen LogP contribution in [0.1, 0.15) is 37.6 Å². The van der Waals surface area contributed by atoms with Gasteiger partial charge in [-0.15, -0.1) is 0 Å². The molecular formula is C16H21IN2O2. The maximum Gasteiger partial charge on any atom is 0.256 e. The van der Waals surface area contributed by atoms with Crippen LogP contribution >= 0.6 is 22.6 Å². The summed E-state index contributed by atoms with van der Waals surface area (Å²) in [6.45, 7) is 6.66. The fourth-order valence-corrected chi connectivity index (χ4v) is 3.53. The Labute approximate surface area is 139 Å². The van der Waals surface area contributed by atoms with Crippen molar-refractivity contribution in [3.8, 4) is 0 Å². The highest BCUT2D eigenvalue weighted by Crippen LogP contribution is 2.31. The van der Waals surface area contributed by atoms with Gasteiger partial charge in [0.1, 0.15) is 6.17 Å². The zero-order valence-electron chi connectivity index (χ0n) is 12.9. The number of hydrogen-bond acceptors (Lipinski definition) is 2. The maximum absolute atomic E-state index is 12.9. The second-order valence-corrected chi connectivity index (χ2v) is 7.63. The summed E-state index contributed by atoms with van der Waals surface area (Å²) < 4.78 is 0.937. The lowest BCUT2D eigenvalue weighted by Crippen LogP contribution is -2.61. The summed E-state index contributed by atoms with van der Waals surface area (Å²) in [5.41, 5.74) is 0.510. The summed E-state index contributed by atoms with van der Waals surface area (Å²) in [5, 5.41) is 0. The highest BCUT2D eigenvalue weighted by molar-refractivity contribution is 14.1. The molecule has 0 N–H and O–H groups in total. The molecule has 4 nitrogen and oxygen atoms in total. The zero-order chi connectivity index (χ0) is 15.8. The lowest BCUT2D eigenvalue weighted by molar-refractivity contribution is -0.145. The Morgan fingerprint density at radius 2 is 1.90 bits per heavy atom. The minimum atomic E-state index is -0.220. The van der Waals surface area contributed by atoms with E-state index in [-0.39, 0.29) is 23.4 Å². The Bertz CT molecular complexity index is 566. The molecule has 1 unspecified atom stereocenters. The monoisotopic (exact) mass is 400 g/mol. The molecule has 1 aromatic carbocycles. The maximum atomic E-state index is 12.9. The lowest BCUT2D eigenvalue weighted by Gasteiger charge is -2.48. The highest BCUT2D eigenvalue weighted by Gasteiger charge is 2.41. The van der Waals surface area contributed by atoms with Gasteiger partial charge in [0.2, 0.25) is 5.91 Å². The SMILES string of the molecule is CN1C(=O)CCN(C(=O)c2ccccc2I)C1C(C)(C)C. The molecule has 1 heterocycles. The minimum absolute atomic E-state index is 0.000671. The van der Waals surface area contributed by atoms with Crippen LogP contribution in [0.2, 0.25) is 0 Å². The van der Waals surface area contributed by atoms with Gasteiger partial charge in [0.15, 0.2) is 0 Å². The number of amides is 2. The van der Waals surface area contributed by atoms with Crippen molar-refractivity contribution in [2.45, 2.75) is 33.4 Å².